The number of ether oxygens (including phenoxy) is 1. The lowest BCUT2D eigenvalue weighted by Crippen LogP contribution is -2.60. The van der Waals surface area contributed by atoms with Crippen LogP contribution in [-0.2, 0) is 9.53 Å². The fraction of sp³-hybridized carbons (Fsp3) is 0.917. The van der Waals surface area contributed by atoms with E-state index in [1.807, 2.05) is 0 Å². The molecule has 1 N–H and O–H groups in total. The van der Waals surface area contributed by atoms with E-state index in [2.05, 4.69) is 0 Å². The second-order valence-corrected chi connectivity index (χ2v) is 5.96. The van der Waals surface area contributed by atoms with E-state index < -0.39 is 5.60 Å². The van der Waals surface area contributed by atoms with E-state index in [9.17, 15) is 9.90 Å². The third-order valence-corrected chi connectivity index (χ3v) is 4.34. The lowest BCUT2D eigenvalue weighted by molar-refractivity contribution is -0.218. The topological polar surface area (TPSA) is 46.5 Å². The standard InChI is InChI=1S/C12H18O3/c1-8(13)15-12-5-9-2-10(6-12)4-11(14,3-9)7-12/h9-10,14H,2-7H2,1H3. The molecule has 0 amide bonds. The lowest BCUT2D eigenvalue weighted by Gasteiger charge is -2.59. The van der Waals surface area contributed by atoms with Gasteiger partial charge in [-0.25, -0.2) is 0 Å². The summed E-state index contributed by atoms with van der Waals surface area (Å²) in [5.41, 5.74) is -0.843. The lowest BCUT2D eigenvalue weighted by atomic mass is 9.52. The zero-order valence-corrected chi connectivity index (χ0v) is 9.16. The van der Waals surface area contributed by atoms with Crippen molar-refractivity contribution in [3.63, 3.8) is 0 Å². The van der Waals surface area contributed by atoms with Gasteiger partial charge >= 0.3 is 5.97 Å². The Labute approximate surface area is 89.8 Å². The van der Waals surface area contributed by atoms with Crippen LogP contribution in [0.3, 0.4) is 0 Å². The van der Waals surface area contributed by atoms with Crippen LogP contribution in [0.25, 0.3) is 0 Å². The third-order valence-electron chi connectivity index (χ3n) is 4.34. The van der Waals surface area contributed by atoms with Crippen molar-refractivity contribution in [2.24, 2.45) is 11.8 Å². The summed E-state index contributed by atoms with van der Waals surface area (Å²) in [5.74, 6) is 0.965. The quantitative estimate of drug-likeness (QED) is 0.669. The van der Waals surface area contributed by atoms with Crippen LogP contribution in [0.2, 0.25) is 0 Å². The minimum Gasteiger partial charge on any atom is -0.459 e. The molecule has 0 heterocycles. The molecule has 4 fully saturated rings. The number of aliphatic hydroxyl groups is 1. The summed E-state index contributed by atoms with van der Waals surface area (Å²) in [6.45, 7) is 1.47. The fourth-order valence-electron chi connectivity index (χ4n) is 4.56. The highest BCUT2D eigenvalue weighted by Crippen LogP contribution is 2.58. The van der Waals surface area contributed by atoms with Gasteiger partial charge in [-0.2, -0.15) is 0 Å². The van der Waals surface area contributed by atoms with Crippen LogP contribution in [-0.4, -0.2) is 22.3 Å². The molecule has 2 unspecified atom stereocenters. The Morgan fingerprint density at radius 1 is 1.27 bits per heavy atom. The highest BCUT2D eigenvalue weighted by molar-refractivity contribution is 5.66. The highest BCUT2D eigenvalue weighted by atomic mass is 16.6. The Morgan fingerprint density at radius 2 is 1.87 bits per heavy atom. The van der Waals surface area contributed by atoms with E-state index in [4.69, 9.17) is 4.74 Å². The van der Waals surface area contributed by atoms with Crippen molar-refractivity contribution in [1.29, 1.82) is 0 Å². The molecule has 4 aliphatic rings. The molecular weight excluding hydrogens is 192 g/mol. The molecule has 0 aliphatic heterocycles. The van der Waals surface area contributed by atoms with Gasteiger partial charge in [-0.05, 0) is 43.9 Å². The van der Waals surface area contributed by atoms with Crippen LogP contribution >= 0.6 is 0 Å². The maximum atomic E-state index is 11.1. The van der Waals surface area contributed by atoms with Gasteiger partial charge in [0, 0.05) is 13.3 Å². The van der Waals surface area contributed by atoms with Crippen molar-refractivity contribution in [3.8, 4) is 0 Å². The van der Waals surface area contributed by atoms with Gasteiger partial charge < -0.3 is 9.84 Å². The summed E-state index contributed by atoms with van der Waals surface area (Å²) in [5, 5.41) is 10.4. The minimum atomic E-state index is -0.528. The maximum absolute atomic E-state index is 11.1. The second kappa shape index (κ2) is 2.76. The summed E-state index contributed by atoms with van der Waals surface area (Å²) in [6.07, 6.45) is 5.70. The van der Waals surface area contributed by atoms with Crippen molar-refractivity contribution in [1.82, 2.24) is 0 Å². The molecule has 4 aliphatic carbocycles. The van der Waals surface area contributed by atoms with E-state index >= 15 is 0 Å². The molecule has 0 aromatic carbocycles. The summed E-state index contributed by atoms with van der Waals surface area (Å²) in [6, 6.07) is 0. The molecule has 4 bridgehead atoms. The highest BCUT2D eigenvalue weighted by Gasteiger charge is 2.58. The maximum Gasteiger partial charge on any atom is 0.303 e. The summed E-state index contributed by atoms with van der Waals surface area (Å²) < 4.78 is 5.52. The molecule has 0 radical (unpaired) electrons. The van der Waals surface area contributed by atoms with Crippen molar-refractivity contribution < 1.29 is 14.6 Å². The van der Waals surface area contributed by atoms with Gasteiger partial charge in [-0.3, -0.25) is 4.79 Å². The number of carbonyl (C=O) groups is 1. The minimum absolute atomic E-state index is 0.194. The number of esters is 1. The van der Waals surface area contributed by atoms with Crippen molar-refractivity contribution in [3.05, 3.63) is 0 Å². The zero-order valence-electron chi connectivity index (χ0n) is 9.16. The molecule has 2 atom stereocenters. The molecule has 0 saturated heterocycles. The number of hydrogen-bond donors (Lipinski definition) is 1. The number of hydrogen-bond acceptors (Lipinski definition) is 3. The van der Waals surface area contributed by atoms with Crippen LogP contribution < -0.4 is 0 Å². The largest absolute Gasteiger partial charge is 0.459 e. The molecule has 4 saturated carbocycles. The first-order valence-electron chi connectivity index (χ1n) is 5.91. The summed E-state index contributed by atoms with van der Waals surface area (Å²) >= 11 is 0. The normalized spacial score (nSPS) is 51.9. The molecular formula is C12H18O3. The van der Waals surface area contributed by atoms with Gasteiger partial charge in [0.25, 0.3) is 0 Å². The van der Waals surface area contributed by atoms with E-state index in [-0.39, 0.29) is 11.6 Å². The van der Waals surface area contributed by atoms with E-state index in [0.717, 1.165) is 25.7 Å². The van der Waals surface area contributed by atoms with Gasteiger partial charge in [-0.15, -0.1) is 0 Å². The summed E-state index contributed by atoms with van der Waals surface area (Å²) in [4.78, 5) is 11.1. The van der Waals surface area contributed by atoms with Gasteiger partial charge in [0.2, 0.25) is 0 Å². The first-order chi connectivity index (χ1) is 6.99. The van der Waals surface area contributed by atoms with Crippen LogP contribution in [0.15, 0.2) is 0 Å². The van der Waals surface area contributed by atoms with Crippen molar-refractivity contribution in [2.45, 2.75) is 56.7 Å². The predicted octanol–water partition coefficient (Wildman–Crippen LogP) is 1.63. The molecule has 0 spiro atoms. The fourth-order valence-corrected chi connectivity index (χ4v) is 4.56. The molecule has 3 nitrogen and oxygen atoms in total. The van der Waals surface area contributed by atoms with Gasteiger partial charge in [0.05, 0.1) is 5.60 Å². The molecule has 3 heteroatoms. The number of carbonyl (C=O) groups excluding carboxylic acids is 1. The molecule has 0 aromatic rings. The van der Waals surface area contributed by atoms with Crippen molar-refractivity contribution in [2.75, 3.05) is 0 Å². The third kappa shape index (κ3) is 1.48. The SMILES string of the molecule is CC(=O)OC12CC3CC(CC(O)(C3)C1)C2. The molecule has 84 valence electrons. The molecule has 4 rings (SSSR count). The van der Waals surface area contributed by atoms with Gasteiger partial charge in [0.15, 0.2) is 0 Å². The van der Waals surface area contributed by atoms with E-state index in [1.54, 1.807) is 0 Å². The smallest absolute Gasteiger partial charge is 0.303 e. The van der Waals surface area contributed by atoms with Gasteiger partial charge in [0.1, 0.15) is 5.60 Å². The van der Waals surface area contributed by atoms with E-state index in [1.165, 1.54) is 13.3 Å². The predicted molar refractivity (Wildman–Crippen MR) is 54.1 cm³/mol. The van der Waals surface area contributed by atoms with Gasteiger partial charge in [-0.1, -0.05) is 0 Å². The van der Waals surface area contributed by atoms with Crippen LogP contribution in [0, 0.1) is 11.8 Å². The van der Waals surface area contributed by atoms with E-state index in [0.29, 0.717) is 18.3 Å². The Kier molecular flexibility index (Phi) is 1.77. The number of rotatable bonds is 1. The average molecular weight is 210 g/mol. The second-order valence-electron chi connectivity index (χ2n) is 5.96. The average Bonchev–Trinajstić information content (AvgIpc) is 1.94. The van der Waals surface area contributed by atoms with Crippen LogP contribution in [0.4, 0.5) is 0 Å². The molecule has 15 heavy (non-hydrogen) atoms. The molecule has 0 aromatic heterocycles. The van der Waals surface area contributed by atoms with Crippen LogP contribution in [0.1, 0.15) is 45.4 Å². The first-order valence-corrected chi connectivity index (χ1v) is 5.91. The Morgan fingerprint density at radius 3 is 2.33 bits per heavy atom. The van der Waals surface area contributed by atoms with Crippen LogP contribution in [0.5, 0.6) is 0 Å². The Hall–Kier alpha value is -0.570. The first kappa shape index (κ1) is 9.64. The Balaban J connectivity index is 1.89. The zero-order chi connectivity index (χ0) is 10.7. The van der Waals surface area contributed by atoms with Crippen molar-refractivity contribution >= 4 is 5.97 Å². The summed E-state index contributed by atoms with van der Waals surface area (Å²) in [7, 11) is 0. The monoisotopic (exact) mass is 210 g/mol. The Bertz CT molecular complexity index is 296.